The zero-order chi connectivity index (χ0) is 18.7. The zero-order valence-electron chi connectivity index (χ0n) is 14.8. The summed E-state index contributed by atoms with van der Waals surface area (Å²) >= 11 is 0. The van der Waals surface area contributed by atoms with Gasteiger partial charge in [-0.3, -0.25) is 0 Å². The molecule has 1 heterocycles. The van der Waals surface area contributed by atoms with Crippen molar-refractivity contribution in [2.45, 2.75) is 44.2 Å². The molecule has 8 heteroatoms. The topological polar surface area (TPSA) is 39.1 Å². The quantitative estimate of drug-likeness (QED) is 0.777. The molecule has 1 aromatic carbocycles. The first kappa shape index (κ1) is 19.0. The molecule has 4 nitrogen and oxygen atoms in total. The molecule has 0 aliphatic heterocycles. The van der Waals surface area contributed by atoms with Crippen LogP contribution < -0.4 is 10.1 Å². The molecule has 0 saturated heterocycles. The van der Waals surface area contributed by atoms with Crippen molar-refractivity contribution in [1.29, 1.82) is 0 Å². The zero-order valence-corrected chi connectivity index (χ0v) is 14.8. The molecule has 1 fully saturated rings. The summed E-state index contributed by atoms with van der Waals surface area (Å²) in [6, 6.07) is 4.65. The number of halogens is 2. The molecule has 3 rings (SSSR count). The maximum atomic E-state index is 14.1. The summed E-state index contributed by atoms with van der Waals surface area (Å²) in [7, 11) is 13.8. The normalized spacial score (nSPS) is 15.5. The average Bonchev–Trinajstić information content (AvgIpc) is 3.21. The predicted octanol–water partition coefficient (Wildman–Crippen LogP) is 2.60. The largest absolute Gasteiger partial charge is 0.487 e. The smallest absolute Gasteiger partial charge is 0.211 e. The first-order valence-corrected chi connectivity index (χ1v) is 8.82. The van der Waals surface area contributed by atoms with E-state index in [2.05, 4.69) is 10.4 Å². The number of ether oxygens (including phenoxy) is 1. The Morgan fingerprint density at radius 1 is 1.27 bits per heavy atom. The highest BCUT2D eigenvalue weighted by molar-refractivity contribution is 6.39. The fourth-order valence-corrected chi connectivity index (χ4v) is 3.39. The summed E-state index contributed by atoms with van der Waals surface area (Å²) in [5.41, 5.74) is 0.511. The number of benzene rings is 1. The molecule has 0 spiro atoms. The Labute approximate surface area is 155 Å². The first-order valence-electron chi connectivity index (χ1n) is 8.82. The third-order valence-electron chi connectivity index (χ3n) is 4.68. The minimum Gasteiger partial charge on any atom is -0.487 e. The van der Waals surface area contributed by atoms with Gasteiger partial charge in [-0.2, -0.15) is 5.10 Å². The van der Waals surface area contributed by atoms with Crippen molar-refractivity contribution in [3.8, 4) is 5.88 Å². The van der Waals surface area contributed by atoms with Crippen LogP contribution in [-0.2, 0) is 18.5 Å². The Kier molecular flexibility index (Phi) is 5.70. The summed E-state index contributed by atoms with van der Waals surface area (Å²) < 4.78 is 35.0. The van der Waals surface area contributed by atoms with Crippen molar-refractivity contribution in [3.05, 3.63) is 47.2 Å². The molecule has 1 aliphatic carbocycles. The number of nitrogens with zero attached hydrogens (tertiary/aromatic N) is 2. The molecule has 0 atom stereocenters. The Balaban J connectivity index is 1.87. The van der Waals surface area contributed by atoms with E-state index < -0.39 is 17.0 Å². The number of aromatic nitrogens is 2. The highest BCUT2D eigenvalue weighted by atomic mass is 19.1. The molecule has 0 bridgehead atoms. The molecule has 1 aromatic heterocycles. The molecule has 0 amide bonds. The van der Waals surface area contributed by atoms with Crippen LogP contribution in [0.15, 0.2) is 24.3 Å². The summed E-state index contributed by atoms with van der Waals surface area (Å²) in [6.45, 7) is 1.23. The lowest BCUT2D eigenvalue weighted by atomic mass is 9.61. The number of hydrogen-bond donors (Lipinski definition) is 1. The van der Waals surface area contributed by atoms with Crippen molar-refractivity contribution < 1.29 is 13.5 Å². The van der Waals surface area contributed by atoms with E-state index in [-0.39, 0.29) is 5.56 Å². The van der Waals surface area contributed by atoms with E-state index in [0.29, 0.717) is 24.9 Å². The number of hydrogen-bond acceptors (Lipinski definition) is 3. The third kappa shape index (κ3) is 4.29. The molecule has 1 saturated carbocycles. The Bertz CT molecular complexity index is 761. The summed E-state index contributed by atoms with van der Waals surface area (Å²) in [5.74, 6) is -0.513. The molecule has 4 radical (unpaired) electrons. The second kappa shape index (κ2) is 7.82. The van der Waals surface area contributed by atoms with Gasteiger partial charge < -0.3 is 10.1 Å². The van der Waals surface area contributed by atoms with E-state index in [1.807, 2.05) is 7.05 Å². The highest BCUT2D eigenvalue weighted by Crippen LogP contribution is 2.30. The van der Waals surface area contributed by atoms with Gasteiger partial charge in [-0.05, 0) is 44.0 Å². The minimum atomic E-state index is -2.02. The van der Waals surface area contributed by atoms with Crippen molar-refractivity contribution in [2.75, 3.05) is 7.05 Å². The fraction of sp³-hybridized carbons (Fsp3) is 0.500. The van der Waals surface area contributed by atoms with Crippen molar-refractivity contribution >= 4 is 15.7 Å². The van der Waals surface area contributed by atoms with Gasteiger partial charge >= 0.3 is 0 Å². The van der Waals surface area contributed by atoms with Gasteiger partial charge in [0.25, 0.3) is 0 Å². The van der Waals surface area contributed by atoms with Crippen molar-refractivity contribution in [3.63, 3.8) is 0 Å². The van der Waals surface area contributed by atoms with Gasteiger partial charge in [-0.1, -0.05) is 12.8 Å². The van der Waals surface area contributed by atoms with E-state index in [9.17, 15) is 8.78 Å². The fourth-order valence-electron chi connectivity index (χ4n) is 3.39. The third-order valence-corrected chi connectivity index (χ3v) is 4.68. The number of nitrogens with one attached hydrogen (secondary N) is 1. The van der Waals surface area contributed by atoms with Crippen LogP contribution in [-0.4, -0.2) is 32.5 Å². The van der Waals surface area contributed by atoms with E-state index >= 15 is 0 Å². The van der Waals surface area contributed by atoms with Crippen molar-refractivity contribution in [1.82, 2.24) is 15.1 Å². The second-order valence-corrected chi connectivity index (χ2v) is 6.86. The van der Waals surface area contributed by atoms with E-state index in [1.165, 1.54) is 12.8 Å². The summed E-state index contributed by atoms with van der Waals surface area (Å²) in [4.78, 5) is 0. The van der Waals surface area contributed by atoms with Crippen LogP contribution in [0, 0.1) is 17.6 Å². The SMILES string of the molecule is [B]C([B])(Oc1cc(CNC)nn1CC1CCCC1)c1cc(F)ccc1F. The van der Waals surface area contributed by atoms with Crippen LogP contribution >= 0.6 is 0 Å². The van der Waals surface area contributed by atoms with Gasteiger partial charge in [0.2, 0.25) is 5.88 Å². The molecule has 1 aliphatic rings. The van der Waals surface area contributed by atoms with E-state index in [4.69, 9.17) is 20.4 Å². The van der Waals surface area contributed by atoms with E-state index in [0.717, 1.165) is 36.7 Å². The van der Waals surface area contributed by atoms with Crippen LogP contribution in [0.3, 0.4) is 0 Å². The van der Waals surface area contributed by atoms with Crippen LogP contribution in [0.5, 0.6) is 5.88 Å². The molecule has 26 heavy (non-hydrogen) atoms. The average molecular weight is 355 g/mol. The highest BCUT2D eigenvalue weighted by Gasteiger charge is 2.28. The molecular weight excluding hydrogens is 334 g/mol. The van der Waals surface area contributed by atoms with Gasteiger partial charge in [-0.15, -0.1) is 0 Å². The number of rotatable bonds is 7. The van der Waals surface area contributed by atoms with Crippen molar-refractivity contribution in [2.24, 2.45) is 5.92 Å². The van der Waals surface area contributed by atoms with Gasteiger partial charge in [-0.25, -0.2) is 13.5 Å². The van der Waals surface area contributed by atoms with E-state index in [1.54, 1.807) is 10.7 Å². The molecule has 134 valence electrons. The lowest BCUT2D eigenvalue weighted by Gasteiger charge is -2.29. The van der Waals surface area contributed by atoms with Gasteiger partial charge in [0.1, 0.15) is 27.3 Å². The van der Waals surface area contributed by atoms with Crippen LogP contribution in [0.25, 0.3) is 0 Å². The Morgan fingerprint density at radius 3 is 2.69 bits per heavy atom. The van der Waals surface area contributed by atoms with Crippen LogP contribution in [0.1, 0.15) is 36.9 Å². The molecule has 0 unspecified atom stereocenters. The standard InChI is InChI=1S/C18H21B2F2N3O/c1-23-10-14-9-17(25(24-14)11-12-4-2-3-5-12)26-18(19,20)15-8-13(21)6-7-16(15)22/h6-9,12,23H,2-5,10-11H2,1H3. The molecule has 2 aromatic rings. The lowest BCUT2D eigenvalue weighted by molar-refractivity contribution is 0.207. The Morgan fingerprint density at radius 2 is 2.00 bits per heavy atom. The Hall–Kier alpha value is -1.82. The maximum absolute atomic E-state index is 14.1. The van der Waals surface area contributed by atoms with Gasteiger partial charge in [0.05, 0.1) is 11.1 Å². The molecular formula is C18H21B2F2N3O. The van der Waals surface area contributed by atoms with Crippen LogP contribution in [0.2, 0.25) is 0 Å². The van der Waals surface area contributed by atoms with Gasteiger partial charge in [0, 0.05) is 24.7 Å². The predicted molar refractivity (Wildman–Crippen MR) is 97.1 cm³/mol. The first-order chi connectivity index (χ1) is 12.4. The monoisotopic (exact) mass is 355 g/mol. The maximum Gasteiger partial charge on any atom is 0.211 e. The lowest BCUT2D eigenvalue weighted by Crippen LogP contribution is -2.36. The summed E-state index contributed by atoms with van der Waals surface area (Å²) in [5, 5.41) is 5.54. The summed E-state index contributed by atoms with van der Waals surface area (Å²) in [6.07, 6.45) is 4.68. The second-order valence-electron chi connectivity index (χ2n) is 6.86. The van der Waals surface area contributed by atoms with Gasteiger partial charge in [0.15, 0.2) is 0 Å². The molecule has 1 N–H and O–H groups in total. The minimum absolute atomic E-state index is 0.249. The van der Waals surface area contributed by atoms with Crippen LogP contribution in [0.4, 0.5) is 8.78 Å².